The molecule has 6 heterocycles. The fraction of sp³-hybridized carbons (Fsp3) is 0.896. The molecular weight excluding hydrogens is 1210 g/mol. The van der Waals surface area contributed by atoms with Gasteiger partial charge in [-0.15, -0.1) is 0 Å². The number of aliphatic carboxylic acids is 2. The van der Waals surface area contributed by atoms with Crippen LogP contribution < -0.4 is 16.0 Å². The maximum absolute atomic E-state index is 13.3. The lowest BCUT2D eigenvalue weighted by Crippen LogP contribution is -2.72. The molecule has 0 aromatic carbocycles. The Labute approximate surface area is 496 Å². The predicted octanol–water partition coefficient (Wildman–Crippen LogP) is -15.3. The molecule has 40 nitrogen and oxygen atoms in total. The number of hydrogen-bond donors (Lipinski definition) is 24. The molecule has 32 atom stereocenters. The second kappa shape index (κ2) is 30.7. The van der Waals surface area contributed by atoms with Crippen LogP contribution in [-0.4, -0.2) is 372 Å². The number of carboxylic acids is 2. The van der Waals surface area contributed by atoms with Gasteiger partial charge in [0.2, 0.25) is 17.7 Å². The van der Waals surface area contributed by atoms with E-state index in [-0.39, 0.29) is 0 Å². The fourth-order valence-electron chi connectivity index (χ4n) is 11.0. The molecule has 6 aliphatic rings. The van der Waals surface area contributed by atoms with Crippen molar-refractivity contribution >= 4 is 29.7 Å². The van der Waals surface area contributed by atoms with Gasteiger partial charge in [-0.1, -0.05) is 0 Å². The molecule has 88 heavy (non-hydrogen) atoms. The van der Waals surface area contributed by atoms with Crippen molar-refractivity contribution in [2.75, 3.05) is 39.6 Å². The lowest BCUT2D eigenvalue weighted by molar-refractivity contribution is -0.391. The van der Waals surface area contributed by atoms with Crippen molar-refractivity contribution in [3.8, 4) is 0 Å². The number of carbonyl (C=O) groups excluding carboxylic acids is 3. The van der Waals surface area contributed by atoms with Gasteiger partial charge in [-0.3, -0.25) is 14.4 Å². The predicted molar refractivity (Wildman–Crippen MR) is 268 cm³/mol. The standard InChI is InChI=1S/C48H79N3O37/c1-12(57)49-23-15(60)4-47(45(74)75,86-37(23)26(64)17(62)6-52)78-11-22-30(68)36(25(51-14(3)59)42(82-22)85-39-28(66)19(8-54)80-43(33(39)71)83-35-21(10-56)79-41(73)32(70)31(35)69)84-44-34(72)40(29(67)20(9-55)81-44)88-48(46(76)77)5-16(61)24(50-13(2)58)38(87-48)27(65)18(63)7-53/h15-44,52-56,60-73H,4-11H2,1-3H3,(H,49,57)(H,50,58)(H,51,59)(H,74,75)(H,76,77)/t15?,16?,17-,18-,19?,20?,21?,22?,23?,24?,25?,26-,27-,28?,29?,30?,31?,32?,33?,34?,35?,36?,37?,38?,39?,40?,41?,42?,43?,44?,47?,48?/m1/s1. The van der Waals surface area contributed by atoms with Crippen molar-refractivity contribution < 1.29 is 183 Å². The van der Waals surface area contributed by atoms with Crippen molar-refractivity contribution in [3.63, 3.8) is 0 Å². The van der Waals surface area contributed by atoms with E-state index < -0.39 is 277 Å². The largest absolute Gasteiger partial charge is 0.477 e. The molecule has 508 valence electrons. The molecule has 6 aliphatic heterocycles. The molecule has 3 amide bonds. The minimum absolute atomic E-state index is 0.854. The first kappa shape index (κ1) is 73.2. The van der Waals surface area contributed by atoms with Crippen LogP contribution in [0.15, 0.2) is 0 Å². The van der Waals surface area contributed by atoms with Gasteiger partial charge in [0, 0.05) is 33.6 Å². The summed E-state index contributed by atoms with van der Waals surface area (Å²) in [6.07, 6.45) is -62.1. The Balaban J connectivity index is 1.43. The second-order valence-corrected chi connectivity index (χ2v) is 21.9. The zero-order valence-corrected chi connectivity index (χ0v) is 46.9. The molecule has 0 spiro atoms. The van der Waals surface area contributed by atoms with Crippen LogP contribution in [-0.2, 0) is 76.1 Å². The zero-order chi connectivity index (χ0) is 65.8. The highest BCUT2D eigenvalue weighted by atomic mass is 16.8. The lowest BCUT2D eigenvalue weighted by Gasteiger charge is -2.52. The zero-order valence-electron chi connectivity index (χ0n) is 46.9. The summed E-state index contributed by atoms with van der Waals surface area (Å²) in [6, 6.07) is -5.63. The highest BCUT2D eigenvalue weighted by molar-refractivity contribution is 5.77. The minimum atomic E-state index is -3.34. The van der Waals surface area contributed by atoms with Crippen LogP contribution in [0.1, 0.15) is 33.6 Å². The lowest BCUT2D eigenvalue weighted by atomic mass is 9.88. The highest BCUT2D eigenvalue weighted by Crippen LogP contribution is 2.41. The maximum atomic E-state index is 13.3. The first-order valence-electron chi connectivity index (χ1n) is 27.4. The number of ether oxygens (including phenoxy) is 11. The Hall–Kier alpha value is -3.85. The Morgan fingerprint density at radius 2 is 0.864 bits per heavy atom. The summed E-state index contributed by atoms with van der Waals surface area (Å²) in [5.41, 5.74) is 0. The van der Waals surface area contributed by atoms with Gasteiger partial charge in [0.15, 0.2) is 25.2 Å². The van der Waals surface area contributed by atoms with Gasteiger partial charge in [-0.05, 0) is 0 Å². The first-order valence-corrected chi connectivity index (χ1v) is 27.4. The summed E-state index contributed by atoms with van der Waals surface area (Å²) in [6.45, 7) is -4.43. The van der Waals surface area contributed by atoms with E-state index in [2.05, 4.69) is 16.0 Å². The van der Waals surface area contributed by atoms with Crippen molar-refractivity contribution in [2.45, 2.75) is 229 Å². The average molecular weight is 1290 g/mol. The third kappa shape index (κ3) is 15.8. The quantitative estimate of drug-likeness (QED) is 0.0404. The molecule has 0 aromatic heterocycles. The number of amides is 3. The van der Waals surface area contributed by atoms with E-state index in [9.17, 15) is 131 Å². The Morgan fingerprint density at radius 1 is 0.466 bits per heavy atom. The molecule has 0 aromatic rings. The van der Waals surface area contributed by atoms with E-state index in [0.29, 0.717) is 0 Å². The summed E-state index contributed by atoms with van der Waals surface area (Å²) in [5, 5.41) is 234. The van der Waals surface area contributed by atoms with Crippen LogP contribution in [0.2, 0.25) is 0 Å². The second-order valence-electron chi connectivity index (χ2n) is 21.9. The van der Waals surface area contributed by atoms with Gasteiger partial charge < -0.3 is 175 Å². The molecule has 6 fully saturated rings. The maximum Gasteiger partial charge on any atom is 0.364 e. The van der Waals surface area contributed by atoms with E-state index in [1.165, 1.54) is 0 Å². The van der Waals surface area contributed by atoms with Gasteiger partial charge in [0.1, 0.15) is 134 Å². The summed E-state index contributed by atoms with van der Waals surface area (Å²) in [7, 11) is 0. The molecule has 28 unspecified atom stereocenters. The van der Waals surface area contributed by atoms with Crippen molar-refractivity contribution in [3.05, 3.63) is 0 Å². The molecule has 24 N–H and O–H groups in total. The third-order valence-corrected chi connectivity index (χ3v) is 15.6. The number of nitrogens with one attached hydrogen (secondary N) is 3. The first-order chi connectivity index (χ1) is 41.2. The van der Waals surface area contributed by atoms with Gasteiger partial charge in [0.25, 0.3) is 11.6 Å². The molecule has 6 rings (SSSR count). The van der Waals surface area contributed by atoms with Gasteiger partial charge in [-0.2, -0.15) is 0 Å². The highest BCUT2D eigenvalue weighted by Gasteiger charge is 2.63. The molecule has 40 heteroatoms. The van der Waals surface area contributed by atoms with Crippen LogP contribution in [0.25, 0.3) is 0 Å². The Morgan fingerprint density at radius 3 is 1.32 bits per heavy atom. The van der Waals surface area contributed by atoms with Gasteiger partial charge >= 0.3 is 11.9 Å². The van der Waals surface area contributed by atoms with Crippen molar-refractivity contribution in [2.24, 2.45) is 0 Å². The van der Waals surface area contributed by atoms with Crippen LogP contribution in [0.3, 0.4) is 0 Å². The number of carboxylic acid groups (broad SMARTS) is 2. The van der Waals surface area contributed by atoms with Crippen LogP contribution in [0.4, 0.5) is 0 Å². The Kier molecular flexibility index (Phi) is 25.6. The number of carbonyl (C=O) groups is 5. The van der Waals surface area contributed by atoms with Crippen LogP contribution >= 0.6 is 0 Å². The summed E-state index contributed by atoms with van der Waals surface area (Å²) >= 11 is 0. The average Bonchev–Trinajstić information content (AvgIpc) is 2.26. The van der Waals surface area contributed by atoms with E-state index in [1.54, 1.807) is 0 Å². The topological polar surface area (TPSA) is 648 Å². The molecule has 0 bridgehead atoms. The van der Waals surface area contributed by atoms with E-state index in [4.69, 9.17) is 52.1 Å². The molecule has 0 aliphatic carbocycles. The van der Waals surface area contributed by atoms with E-state index in [0.717, 1.165) is 20.8 Å². The van der Waals surface area contributed by atoms with E-state index in [1.807, 2.05) is 0 Å². The van der Waals surface area contributed by atoms with E-state index >= 15 is 0 Å². The molecule has 0 saturated carbocycles. The summed E-state index contributed by atoms with van der Waals surface area (Å²) in [4.78, 5) is 64.1. The summed E-state index contributed by atoms with van der Waals surface area (Å²) < 4.78 is 63.1. The van der Waals surface area contributed by atoms with Crippen molar-refractivity contribution in [1.82, 2.24) is 16.0 Å². The summed E-state index contributed by atoms with van der Waals surface area (Å²) in [5.74, 6) is -13.7. The monoisotopic (exact) mass is 1290 g/mol. The third-order valence-electron chi connectivity index (χ3n) is 15.6. The smallest absolute Gasteiger partial charge is 0.364 e. The number of rotatable bonds is 25. The van der Waals surface area contributed by atoms with Gasteiger partial charge in [0.05, 0.1) is 63.9 Å². The number of aliphatic hydroxyl groups excluding tert-OH is 19. The van der Waals surface area contributed by atoms with Crippen LogP contribution in [0.5, 0.6) is 0 Å². The Bertz CT molecular complexity index is 2320. The van der Waals surface area contributed by atoms with Gasteiger partial charge in [-0.25, -0.2) is 9.59 Å². The molecule has 0 radical (unpaired) electrons. The normalized spacial score (nSPS) is 44.6. The number of aliphatic hydroxyl groups is 19. The minimum Gasteiger partial charge on any atom is -0.477 e. The van der Waals surface area contributed by atoms with Crippen molar-refractivity contribution in [1.29, 1.82) is 0 Å². The SMILES string of the molecule is CC(=O)NC1C(OC2C(O)C(CO)OC(OC3C(CO)OC(O)C(O)C3O)C2O)OC(COC2(C(=O)O)CC(O)C(NC(C)=O)C([C@H](O)[C@H](O)CO)O2)C(O)C1OC1OC(CO)C(O)C(OC2(C(=O)O)CC(O)C(NC(C)=O)C([C@H](O)[C@H](O)CO)O2)C1O. The molecular formula is C48H79N3O37. The van der Waals surface area contributed by atoms with Crippen LogP contribution in [0, 0.1) is 0 Å². The fourth-order valence-corrected chi connectivity index (χ4v) is 11.0. The molecule has 6 saturated heterocycles. The number of hydrogen-bond acceptors (Lipinski definition) is 35.